The highest BCUT2D eigenvalue weighted by Crippen LogP contribution is 2.14. The van der Waals surface area contributed by atoms with Gasteiger partial charge in [-0.3, -0.25) is 4.90 Å². The van der Waals surface area contributed by atoms with Crippen molar-refractivity contribution in [2.24, 2.45) is 5.73 Å². The zero-order chi connectivity index (χ0) is 11.3. The van der Waals surface area contributed by atoms with Crippen LogP contribution in [-0.4, -0.2) is 42.8 Å². The number of ether oxygens (including phenoxy) is 1. The van der Waals surface area contributed by atoms with Gasteiger partial charge >= 0.3 is 0 Å². The maximum atomic E-state index is 8.87. The number of nitriles is 1. The van der Waals surface area contributed by atoms with E-state index in [9.17, 15) is 0 Å². The van der Waals surface area contributed by atoms with Crippen LogP contribution in [0, 0.1) is 11.3 Å². The largest absolute Gasteiger partial charge is 0.377 e. The molecule has 1 heterocycles. The number of likely N-dealkylation sites (N-methyl/N-ethyl adjacent to an activating group) is 1. The van der Waals surface area contributed by atoms with E-state index in [2.05, 4.69) is 17.9 Å². The number of hydrogen-bond donors (Lipinski definition) is 1. The van der Waals surface area contributed by atoms with Crippen molar-refractivity contribution >= 4 is 0 Å². The van der Waals surface area contributed by atoms with Crippen molar-refractivity contribution in [3.63, 3.8) is 0 Å². The second kappa shape index (κ2) is 5.45. The molecule has 1 saturated heterocycles. The molecule has 0 aromatic heterocycles. The zero-order valence-corrected chi connectivity index (χ0v) is 9.70. The third kappa shape index (κ3) is 4.17. The fraction of sp³-hybridized carbons (Fsp3) is 0.909. The molecule has 1 aliphatic rings. The number of rotatable bonds is 5. The van der Waals surface area contributed by atoms with Gasteiger partial charge in [0.15, 0.2) is 0 Å². The Morgan fingerprint density at radius 1 is 1.67 bits per heavy atom. The normalized spacial score (nSPS) is 25.1. The number of hydrogen-bond acceptors (Lipinski definition) is 4. The average Bonchev–Trinajstić information content (AvgIpc) is 2.69. The lowest BCUT2D eigenvalue weighted by molar-refractivity contribution is 0.0709. The molecule has 1 rings (SSSR count). The molecule has 0 spiro atoms. The van der Waals surface area contributed by atoms with Crippen molar-refractivity contribution in [2.45, 2.75) is 38.3 Å². The summed E-state index contributed by atoms with van der Waals surface area (Å²) in [6, 6.07) is 2.13. The fourth-order valence-electron chi connectivity index (χ4n) is 1.88. The van der Waals surface area contributed by atoms with Crippen molar-refractivity contribution in [3.8, 4) is 6.07 Å². The standard InChI is InChI=1S/C11H21N3O/c1-3-14(9-11(2,13)8-12)7-10-5-4-6-15-10/h10H,3-7,9,13H2,1-2H3. The molecule has 4 nitrogen and oxygen atoms in total. The minimum Gasteiger partial charge on any atom is -0.377 e. The van der Waals surface area contributed by atoms with Gasteiger partial charge in [-0.25, -0.2) is 0 Å². The van der Waals surface area contributed by atoms with Crippen LogP contribution in [-0.2, 0) is 4.74 Å². The van der Waals surface area contributed by atoms with Crippen LogP contribution in [0.25, 0.3) is 0 Å². The Kier molecular flexibility index (Phi) is 4.52. The molecule has 86 valence electrons. The van der Waals surface area contributed by atoms with Crippen molar-refractivity contribution < 1.29 is 4.74 Å². The summed E-state index contributed by atoms with van der Waals surface area (Å²) < 4.78 is 5.57. The summed E-state index contributed by atoms with van der Waals surface area (Å²) in [5.41, 5.74) is 5.07. The Hall–Kier alpha value is -0.630. The number of nitrogens with two attached hydrogens (primary N) is 1. The van der Waals surface area contributed by atoms with Crippen molar-refractivity contribution in [3.05, 3.63) is 0 Å². The Morgan fingerprint density at radius 3 is 2.87 bits per heavy atom. The van der Waals surface area contributed by atoms with Crippen molar-refractivity contribution in [2.75, 3.05) is 26.2 Å². The summed E-state index contributed by atoms with van der Waals surface area (Å²) in [7, 11) is 0. The van der Waals surface area contributed by atoms with Crippen LogP contribution in [0.15, 0.2) is 0 Å². The van der Waals surface area contributed by atoms with E-state index in [1.807, 2.05) is 0 Å². The van der Waals surface area contributed by atoms with Gasteiger partial charge in [-0.15, -0.1) is 0 Å². The van der Waals surface area contributed by atoms with Crippen molar-refractivity contribution in [1.29, 1.82) is 5.26 Å². The van der Waals surface area contributed by atoms with Gasteiger partial charge in [0.1, 0.15) is 5.54 Å². The Bertz CT molecular complexity index is 228. The summed E-state index contributed by atoms with van der Waals surface area (Å²) in [6.45, 7) is 7.15. The van der Waals surface area contributed by atoms with Crippen LogP contribution < -0.4 is 5.73 Å². The smallest absolute Gasteiger partial charge is 0.114 e. The molecular formula is C11H21N3O. The second-order valence-electron chi connectivity index (χ2n) is 4.49. The molecule has 2 N–H and O–H groups in total. The third-order valence-electron chi connectivity index (χ3n) is 2.74. The van der Waals surface area contributed by atoms with E-state index in [0.29, 0.717) is 12.6 Å². The SMILES string of the molecule is CCN(CC1CCCO1)CC(C)(N)C#N. The third-order valence-corrected chi connectivity index (χ3v) is 2.74. The van der Waals surface area contributed by atoms with Crippen LogP contribution in [0.4, 0.5) is 0 Å². The molecule has 15 heavy (non-hydrogen) atoms. The summed E-state index contributed by atoms with van der Waals surface area (Å²) in [4.78, 5) is 2.19. The Balaban J connectivity index is 2.38. The molecule has 1 fully saturated rings. The van der Waals surface area contributed by atoms with Gasteiger partial charge in [-0.1, -0.05) is 6.92 Å². The van der Waals surface area contributed by atoms with Gasteiger partial charge < -0.3 is 10.5 Å². The van der Waals surface area contributed by atoms with E-state index in [4.69, 9.17) is 15.7 Å². The first-order valence-corrected chi connectivity index (χ1v) is 5.61. The maximum Gasteiger partial charge on any atom is 0.114 e. The highest BCUT2D eigenvalue weighted by molar-refractivity contribution is 5.03. The van der Waals surface area contributed by atoms with Crippen LogP contribution in [0.5, 0.6) is 0 Å². The molecule has 0 radical (unpaired) electrons. The van der Waals surface area contributed by atoms with Crippen LogP contribution in [0.1, 0.15) is 26.7 Å². The van der Waals surface area contributed by atoms with Crippen LogP contribution in [0.3, 0.4) is 0 Å². The van der Waals surface area contributed by atoms with E-state index >= 15 is 0 Å². The molecule has 0 aromatic carbocycles. The fourth-order valence-corrected chi connectivity index (χ4v) is 1.88. The quantitative estimate of drug-likeness (QED) is 0.728. The van der Waals surface area contributed by atoms with E-state index < -0.39 is 5.54 Å². The summed E-state index contributed by atoms with van der Waals surface area (Å²) in [5.74, 6) is 0. The summed E-state index contributed by atoms with van der Waals surface area (Å²) in [6.07, 6.45) is 2.62. The molecule has 2 unspecified atom stereocenters. The molecule has 0 saturated carbocycles. The maximum absolute atomic E-state index is 8.87. The first kappa shape index (κ1) is 12.4. The number of nitrogens with zero attached hydrogens (tertiary/aromatic N) is 2. The first-order chi connectivity index (χ1) is 7.07. The molecule has 0 aromatic rings. The van der Waals surface area contributed by atoms with Gasteiger partial charge in [0, 0.05) is 19.7 Å². The van der Waals surface area contributed by atoms with E-state index in [1.165, 1.54) is 0 Å². The Labute approximate surface area is 92.0 Å². The van der Waals surface area contributed by atoms with Crippen LogP contribution >= 0.6 is 0 Å². The predicted molar refractivity (Wildman–Crippen MR) is 59.3 cm³/mol. The van der Waals surface area contributed by atoms with Gasteiger partial charge in [0.25, 0.3) is 0 Å². The second-order valence-corrected chi connectivity index (χ2v) is 4.49. The molecule has 1 aliphatic heterocycles. The van der Waals surface area contributed by atoms with Gasteiger partial charge in [0.2, 0.25) is 0 Å². The van der Waals surface area contributed by atoms with E-state index in [1.54, 1.807) is 6.92 Å². The first-order valence-electron chi connectivity index (χ1n) is 5.61. The van der Waals surface area contributed by atoms with Gasteiger partial charge in [0.05, 0.1) is 12.2 Å². The molecule has 4 heteroatoms. The molecule has 0 aliphatic carbocycles. The lowest BCUT2D eigenvalue weighted by Gasteiger charge is -2.28. The highest BCUT2D eigenvalue weighted by atomic mass is 16.5. The predicted octanol–water partition coefficient (Wildman–Crippen LogP) is 0.728. The molecule has 0 amide bonds. The molecular weight excluding hydrogens is 190 g/mol. The minimum absolute atomic E-state index is 0.333. The minimum atomic E-state index is -0.755. The highest BCUT2D eigenvalue weighted by Gasteiger charge is 2.24. The van der Waals surface area contributed by atoms with E-state index in [0.717, 1.165) is 32.5 Å². The lowest BCUT2D eigenvalue weighted by Crippen LogP contribution is -2.48. The van der Waals surface area contributed by atoms with E-state index in [-0.39, 0.29) is 0 Å². The summed E-state index contributed by atoms with van der Waals surface area (Å²) >= 11 is 0. The summed E-state index contributed by atoms with van der Waals surface area (Å²) in [5, 5.41) is 8.87. The Morgan fingerprint density at radius 2 is 2.40 bits per heavy atom. The topological polar surface area (TPSA) is 62.3 Å². The van der Waals surface area contributed by atoms with Crippen LogP contribution in [0.2, 0.25) is 0 Å². The van der Waals surface area contributed by atoms with Crippen molar-refractivity contribution in [1.82, 2.24) is 4.90 Å². The molecule has 0 bridgehead atoms. The van der Waals surface area contributed by atoms with Gasteiger partial charge in [-0.2, -0.15) is 5.26 Å². The zero-order valence-electron chi connectivity index (χ0n) is 9.70. The monoisotopic (exact) mass is 211 g/mol. The molecule has 2 atom stereocenters. The van der Waals surface area contributed by atoms with Gasteiger partial charge in [-0.05, 0) is 26.3 Å². The average molecular weight is 211 g/mol. The lowest BCUT2D eigenvalue weighted by atomic mass is 10.1.